The maximum Gasteiger partial charge on any atom is 0.335 e. The molecule has 0 N–H and O–H groups in total. The van der Waals surface area contributed by atoms with E-state index < -0.39 is 7.60 Å². The molecule has 31 heavy (non-hydrogen) atoms. The highest BCUT2D eigenvalue weighted by Gasteiger charge is 2.24. The summed E-state index contributed by atoms with van der Waals surface area (Å²) in [6.07, 6.45) is 5.32. The Labute approximate surface area is 201 Å². The molecule has 0 bridgehead atoms. The third-order valence-electron chi connectivity index (χ3n) is 4.58. The summed E-state index contributed by atoms with van der Waals surface area (Å²) in [5.41, 5.74) is 2.18. The quantitative estimate of drug-likeness (QED) is 0.280. The van der Waals surface area contributed by atoms with E-state index in [1.54, 1.807) is 33.2 Å². The molecule has 0 radical (unpaired) electrons. The van der Waals surface area contributed by atoms with E-state index in [2.05, 4.69) is 58.9 Å². The van der Waals surface area contributed by atoms with Crippen molar-refractivity contribution >= 4 is 39.5 Å². The molecule has 1 aliphatic rings. The first-order valence-electron chi connectivity index (χ1n) is 10.2. The summed E-state index contributed by atoms with van der Waals surface area (Å²) in [7, 11) is -1.22. The Hall–Kier alpha value is -0.670. The third kappa shape index (κ3) is 9.78. The smallest absolute Gasteiger partial charge is 0.335 e. The second-order valence-corrected chi connectivity index (χ2v) is 10.6. The van der Waals surface area contributed by atoms with Crippen LogP contribution in [0.5, 0.6) is 0 Å². The SMILES string of the molecule is CCOP(=O)(Cc1ccnc(Br)c1)OCC.CO[C@@H]1CCN(Cc2ccnc(Br)c2)C1. The lowest BCUT2D eigenvalue weighted by Crippen LogP contribution is -2.22. The van der Waals surface area contributed by atoms with Gasteiger partial charge in [0.15, 0.2) is 0 Å². The molecule has 1 aliphatic heterocycles. The topological polar surface area (TPSA) is 73.8 Å². The molecule has 1 fully saturated rings. The van der Waals surface area contributed by atoms with Crippen LogP contribution in [0.2, 0.25) is 0 Å². The highest BCUT2D eigenvalue weighted by molar-refractivity contribution is 9.10. The van der Waals surface area contributed by atoms with Gasteiger partial charge < -0.3 is 13.8 Å². The zero-order chi connectivity index (χ0) is 22.7. The van der Waals surface area contributed by atoms with Crippen LogP contribution in [0.1, 0.15) is 31.4 Å². The van der Waals surface area contributed by atoms with Crippen LogP contribution in [-0.4, -0.2) is 54.4 Å². The molecule has 0 aromatic carbocycles. The van der Waals surface area contributed by atoms with Gasteiger partial charge in [0.2, 0.25) is 0 Å². The third-order valence-corrected chi connectivity index (χ3v) is 7.50. The van der Waals surface area contributed by atoms with Crippen molar-refractivity contribution in [2.75, 3.05) is 33.4 Å². The summed E-state index contributed by atoms with van der Waals surface area (Å²) in [6, 6.07) is 7.74. The van der Waals surface area contributed by atoms with Crippen LogP contribution in [0.4, 0.5) is 0 Å². The number of likely N-dealkylation sites (tertiary alicyclic amines) is 1. The molecule has 3 heterocycles. The molecule has 1 saturated heterocycles. The molecule has 2 aromatic heterocycles. The van der Waals surface area contributed by atoms with Crippen molar-refractivity contribution in [1.82, 2.24) is 14.9 Å². The number of aromatic nitrogens is 2. The highest BCUT2D eigenvalue weighted by Crippen LogP contribution is 2.51. The van der Waals surface area contributed by atoms with E-state index in [0.29, 0.717) is 23.9 Å². The molecule has 7 nitrogen and oxygen atoms in total. The van der Waals surface area contributed by atoms with Crippen LogP contribution in [0, 0.1) is 0 Å². The van der Waals surface area contributed by atoms with Gasteiger partial charge in [0.05, 0.1) is 25.5 Å². The molecular formula is C21H30Br2N3O4P. The molecule has 2 aromatic rings. The Morgan fingerprint density at radius 3 is 2.16 bits per heavy atom. The monoisotopic (exact) mass is 577 g/mol. The van der Waals surface area contributed by atoms with Crippen molar-refractivity contribution in [1.29, 1.82) is 0 Å². The lowest BCUT2D eigenvalue weighted by Gasteiger charge is -2.16. The number of pyridine rings is 2. The van der Waals surface area contributed by atoms with Gasteiger partial charge in [-0.15, -0.1) is 0 Å². The van der Waals surface area contributed by atoms with E-state index >= 15 is 0 Å². The second kappa shape index (κ2) is 13.8. The van der Waals surface area contributed by atoms with Gasteiger partial charge in [0, 0.05) is 39.1 Å². The second-order valence-electron chi connectivity index (χ2n) is 6.96. The molecule has 172 valence electrons. The van der Waals surface area contributed by atoms with Gasteiger partial charge >= 0.3 is 7.60 Å². The fourth-order valence-electron chi connectivity index (χ4n) is 3.22. The van der Waals surface area contributed by atoms with Crippen LogP contribution in [0.25, 0.3) is 0 Å². The minimum absolute atomic E-state index is 0.274. The first-order chi connectivity index (χ1) is 14.9. The number of hydrogen-bond donors (Lipinski definition) is 0. The predicted molar refractivity (Wildman–Crippen MR) is 129 cm³/mol. The van der Waals surface area contributed by atoms with E-state index in [1.807, 2.05) is 12.3 Å². The highest BCUT2D eigenvalue weighted by atomic mass is 79.9. The van der Waals surface area contributed by atoms with Gasteiger partial charge in [-0.1, -0.05) is 0 Å². The van der Waals surface area contributed by atoms with Crippen LogP contribution < -0.4 is 0 Å². The van der Waals surface area contributed by atoms with Crippen molar-refractivity contribution in [2.45, 2.75) is 39.1 Å². The lowest BCUT2D eigenvalue weighted by molar-refractivity contribution is 0.107. The molecule has 0 amide bonds. The largest absolute Gasteiger partial charge is 0.380 e. The minimum atomic E-state index is -3.01. The standard InChI is InChI=1S/C11H15BrN2O.C10H15BrNO3P/c1-15-10-3-5-14(8-10)7-9-2-4-13-11(12)6-9;1-3-14-16(13,15-4-2)8-9-5-6-12-10(11)7-9/h2,4,6,10H,3,5,7-8H2,1H3;5-7H,3-4,8H2,1-2H3/t10-;/m1./s1. The number of hydrogen-bond acceptors (Lipinski definition) is 7. The number of ether oxygens (including phenoxy) is 1. The van der Waals surface area contributed by atoms with Crippen molar-refractivity contribution in [3.05, 3.63) is 57.0 Å². The summed E-state index contributed by atoms with van der Waals surface area (Å²) in [5.74, 6) is 0. The van der Waals surface area contributed by atoms with Gasteiger partial charge in [-0.2, -0.15) is 0 Å². The van der Waals surface area contributed by atoms with E-state index in [1.165, 1.54) is 5.56 Å². The first kappa shape index (κ1) is 26.6. The van der Waals surface area contributed by atoms with E-state index in [4.69, 9.17) is 13.8 Å². The minimum Gasteiger partial charge on any atom is -0.380 e. The van der Waals surface area contributed by atoms with Crippen molar-refractivity contribution < 1.29 is 18.3 Å². The average Bonchev–Trinajstić information content (AvgIpc) is 3.16. The van der Waals surface area contributed by atoms with Crippen LogP contribution in [0.15, 0.2) is 45.9 Å². The summed E-state index contributed by atoms with van der Waals surface area (Å²) in [6.45, 7) is 7.51. The maximum atomic E-state index is 12.2. The Kier molecular flexibility index (Phi) is 11.8. The summed E-state index contributed by atoms with van der Waals surface area (Å²) in [4.78, 5) is 10.5. The zero-order valence-corrected chi connectivity index (χ0v) is 22.2. The van der Waals surface area contributed by atoms with E-state index in [0.717, 1.165) is 36.2 Å². The fourth-order valence-corrected chi connectivity index (χ4v) is 5.73. The van der Waals surface area contributed by atoms with Crippen LogP contribution in [0.3, 0.4) is 0 Å². The molecule has 0 unspecified atom stereocenters. The lowest BCUT2D eigenvalue weighted by atomic mass is 10.2. The predicted octanol–water partition coefficient (Wildman–Crippen LogP) is 5.68. The molecular weight excluding hydrogens is 549 g/mol. The normalized spacial score (nSPS) is 16.7. The van der Waals surface area contributed by atoms with E-state index in [9.17, 15) is 4.57 Å². The molecule has 3 rings (SSSR count). The van der Waals surface area contributed by atoms with Crippen molar-refractivity contribution in [3.63, 3.8) is 0 Å². The summed E-state index contributed by atoms with van der Waals surface area (Å²) in [5, 5.41) is 0. The number of rotatable bonds is 9. The summed E-state index contributed by atoms with van der Waals surface area (Å²) >= 11 is 6.65. The van der Waals surface area contributed by atoms with Crippen molar-refractivity contribution in [2.24, 2.45) is 0 Å². The van der Waals surface area contributed by atoms with Gasteiger partial charge in [-0.25, -0.2) is 9.97 Å². The Morgan fingerprint density at radius 2 is 1.65 bits per heavy atom. The zero-order valence-electron chi connectivity index (χ0n) is 18.2. The Bertz CT molecular complexity index is 849. The van der Waals surface area contributed by atoms with Crippen LogP contribution >= 0.6 is 39.5 Å². The van der Waals surface area contributed by atoms with E-state index in [-0.39, 0.29) is 6.16 Å². The van der Waals surface area contributed by atoms with Gasteiger partial charge in [-0.3, -0.25) is 9.46 Å². The van der Waals surface area contributed by atoms with Gasteiger partial charge in [0.1, 0.15) is 9.21 Å². The maximum absolute atomic E-state index is 12.2. The van der Waals surface area contributed by atoms with Crippen LogP contribution in [-0.2, 0) is 31.1 Å². The number of halogens is 2. The fraction of sp³-hybridized carbons (Fsp3) is 0.524. The molecule has 10 heteroatoms. The van der Waals surface area contributed by atoms with Gasteiger partial charge in [0.25, 0.3) is 0 Å². The molecule has 1 atom stereocenters. The average molecular weight is 579 g/mol. The first-order valence-corrected chi connectivity index (χ1v) is 13.5. The summed E-state index contributed by atoms with van der Waals surface area (Å²) < 4.78 is 29.6. The molecule has 0 saturated carbocycles. The number of nitrogens with zero attached hydrogens (tertiary/aromatic N) is 3. The Balaban J connectivity index is 0.000000220. The van der Waals surface area contributed by atoms with Gasteiger partial charge in [-0.05, 0) is 87.5 Å². The Morgan fingerprint density at radius 1 is 1.06 bits per heavy atom. The van der Waals surface area contributed by atoms with Crippen molar-refractivity contribution in [3.8, 4) is 0 Å². The molecule has 0 spiro atoms. The number of methoxy groups -OCH3 is 1. The molecule has 0 aliphatic carbocycles.